The first-order chi connectivity index (χ1) is 6.24. The van der Waals surface area contributed by atoms with E-state index in [1.54, 1.807) is 4.68 Å². The molecular formula is C9H13N3O. The third-order valence-electron chi connectivity index (χ3n) is 2.45. The van der Waals surface area contributed by atoms with Crippen LogP contribution in [0.25, 0.3) is 0 Å². The van der Waals surface area contributed by atoms with Crippen LogP contribution >= 0.6 is 0 Å². The Bertz CT molecular complexity index is 354. The summed E-state index contributed by atoms with van der Waals surface area (Å²) in [7, 11) is 3.76. The number of ketones is 1. The monoisotopic (exact) mass is 179 g/mol. The molecule has 0 bridgehead atoms. The quantitative estimate of drug-likeness (QED) is 0.708. The van der Waals surface area contributed by atoms with E-state index in [-0.39, 0.29) is 5.78 Å². The normalized spacial score (nSPS) is 15.1. The molecule has 1 aliphatic carbocycles. The lowest BCUT2D eigenvalue weighted by Gasteiger charge is -2.02. The minimum absolute atomic E-state index is 0.244. The van der Waals surface area contributed by atoms with Gasteiger partial charge in [0.1, 0.15) is 0 Å². The van der Waals surface area contributed by atoms with Crippen LogP contribution < -0.4 is 5.32 Å². The molecule has 4 nitrogen and oxygen atoms in total. The van der Waals surface area contributed by atoms with E-state index in [2.05, 4.69) is 10.4 Å². The highest BCUT2D eigenvalue weighted by atomic mass is 16.1. The van der Waals surface area contributed by atoms with Gasteiger partial charge in [-0.2, -0.15) is 5.10 Å². The molecule has 0 saturated carbocycles. The molecule has 1 N–H and O–H groups in total. The maximum Gasteiger partial charge on any atom is 0.167 e. The van der Waals surface area contributed by atoms with E-state index in [0.717, 1.165) is 23.4 Å². The number of carbonyl (C=O) groups excluding carboxylic acids is 1. The van der Waals surface area contributed by atoms with E-state index >= 15 is 0 Å². The van der Waals surface area contributed by atoms with E-state index in [0.29, 0.717) is 13.0 Å². The van der Waals surface area contributed by atoms with Crippen LogP contribution in [0.2, 0.25) is 0 Å². The van der Waals surface area contributed by atoms with Crippen molar-refractivity contribution in [1.82, 2.24) is 15.1 Å². The molecule has 0 saturated heterocycles. The molecule has 13 heavy (non-hydrogen) atoms. The lowest BCUT2D eigenvalue weighted by Crippen LogP contribution is -2.13. The molecule has 4 heteroatoms. The molecule has 1 heterocycles. The lowest BCUT2D eigenvalue weighted by atomic mass is 10.2. The van der Waals surface area contributed by atoms with Crippen LogP contribution in [0.15, 0.2) is 0 Å². The molecule has 0 aromatic carbocycles. The summed E-state index contributed by atoms with van der Waals surface area (Å²) < 4.78 is 1.80. The van der Waals surface area contributed by atoms with Crippen LogP contribution in [0.3, 0.4) is 0 Å². The Labute approximate surface area is 76.9 Å². The van der Waals surface area contributed by atoms with Crippen molar-refractivity contribution in [2.45, 2.75) is 19.4 Å². The SMILES string of the molecule is CNCc1c2c(nn1C)CCC2=O. The largest absolute Gasteiger partial charge is 0.314 e. The molecule has 0 spiro atoms. The average molecular weight is 179 g/mol. The van der Waals surface area contributed by atoms with Gasteiger partial charge in [-0.15, -0.1) is 0 Å². The number of rotatable bonds is 2. The molecule has 1 aromatic rings. The van der Waals surface area contributed by atoms with Crippen molar-refractivity contribution in [3.05, 3.63) is 17.0 Å². The first kappa shape index (κ1) is 8.44. The second-order valence-electron chi connectivity index (χ2n) is 3.35. The van der Waals surface area contributed by atoms with Crippen LogP contribution in [0.5, 0.6) is 0 Å². The van der Waals surface area contributed by atoms with Crippen molar-refractivity contribution < 1.29 is 4.79 Å². The first-order valence-corrected chi connectivity index (χ1v) is 4.46. The zero-order valence-corrected chi connectivity index (χ0v) is 7.92. The second kappa shape index (κ2) is 2.96. The number of nitrogens with one attached hydrogen (secondary N) is 1. The highest BCUT2D eigenvalue weighted by Crippen LogP contribution is 2.23. The predicted octanol–water partition coefficient (Wildman–Crippen LogP) is 0.268. The molecule has 0 aliphatic heterocycles. The summed E-state index contributed by atoms with van der Waals surface area (Å²) in [5.41, 5.74) is 2.84. The van der Waals surface area contributed by atoms with Crippen LogP contribution in [0.1, 0.15) is 28.2 Å². The van der Waals surface area contributed by atoms with Gasteiger partial charge in [0.15, 0.2) is 5.78 Å². The van der Waals surface area contributed by atoms with Crippen molar-refractivity contribution >= 4 is 5.78 Å². The van der Waals surface area contributed by atoms with E-state index < -0.39 is 0 Å². The molecule has 0 fully saturated rings. The highest BCUT2D eigenvalue weighted by Gasteiger charge is 2.27. The zero-order valence-electron chi connectivity index (χ0n) is 7.92. The smallest absolute Gasteiger partial charge is 0.167 e. The van der Waals surface area contributed by atoms with Crippen molar-refractivity contribution in [3.8, 4) is 0 Å². The number of aryl methyl sites for hydroxylation is 2. The molecule has 70 valence electrons. The summed E-state index contributed by atoms with van der Waals surface area (Å²) >= 11 is 0. The minimum atomic E-state index is 0.244. The molecule has 1 aromatic heterocycles. The van der Waals surface area contributed by atoms with Gasteiger partial charge in [-0.1, -0.05) is 0 Å². The van der Waals surface area contributed by atoms with Gasteiger partial charge in [-0.05, 0) is 13.5 Å². The van der Waals surface area contributed by atoms with Crippen molar-refractivity contribution in [2.75, 3.05) is 7.05 Å². The fraction of sp³-hybridized carbons (Fsp3) is 0.556. The van der Waals surface area contributed by atoms with E-state index in [1.165, 1.54) is 0 Å². The van der Waals surface area contributed by atoms with E-state index in [1.807, 2.05) is 14.1 Å². The summed E-state index contributed by atoms with van der Waals surface area (Å²) in [5, 5.41) is 7.36. The molecule has 0 atom stereocenters. The summed E-state index contributed by atoms with van der Waals surface area (Å²) in [5.74, 6) is 0.244. The summed E-state index contributed by atoms with van der Waals surface area (Å²) in [4.78, 5) is 11.5. The first-order valence-electron chi connectivity index (χ1n) is 4.46. The van der Waals surface area contributed by atoms with Gasteiger partial charge in [0, 0.05) is 20.0 Å². The van der Waals surface area contributed by atoms with Crippen molar-refractivity contribution in [3.63, 3.8) is 0 Å². The third-order valence-corrected chi connectivity index (χ3v) is 2.45. The van der Waals surface area contributed by atoms with Gasteiger partial charge in [0.2, 0.25) is 0 Å². The Morgan fingerprint density at radius 3 is 3.00 bits per heavy atom. The van der Waals surface area contributed by atoms with Gasteiger partial charge in [-0.25, -0.2) is 0 Å². The lowest BCUT2D eigenvalue weighted by molar-refractivity contribution is 0.0993. The Balaban J connectivity index is 2.48. The standard InChI is InChI=1S/C9H13N3O/c1-10-5-7-9-6(11-12(7)2)3-4-8(9)13/h10H,3-5H2,1-2H3. The second-order valence-corrected chi connectivity index (χ2v) is 3.35. The van der Waals surface area contributed by atoms with E-state index in [4.69, 9.17) is 0 Å². The Hall–Kier alpha value is -1.16. The predicted molar refractivity (Wildman–Crippen MR) is 48.6 cm³/mol. The number of hydrogen-bond acceptors (Lipinski definition) is 3. The number of fused-ring (bicyclic) bond motifs is 1. The maximum atomic E-state index is 11.5. The fourth-order valence-corrected chi connectivity index (χ4v) is 1.84. The fourth-order valence-electron chi connectivity index (χ4n) is 1.84. The number of nitrogens with zero attached hydrogens (tertiary/aromatic N) is 2. The van der Waals surface area contributed by atoms with Crippen LogP contribution in [-0.4, -0.2) is 22.6 Å². The molecule has 1 aliphatic rings. The Morgan fingerprint density at radius 1 is 1.54 bits per heavy atom. The number of Topliss-reactive ketones (excluding diaryl/α,β-unsaturated/α-hetero) is 1. The Morgan fingerprint density at radius 2 is 2.31 bits per heavy atom. The zero-order chi connectivity index (χ0) is 9.42. The van der Waals surface area contributed by atoms with Crippen LogP contribution in [0, 0.1) is 0 Å². The van der Waals surface area contributed by atoms with Gasteiger partial charge >= 0.3 is 0 Å². The number of aromatic nitrogens is 2. The van der Waals surface area contributed by atoms with Crippen molar-refractivity contribution in [1.29, 1.82) is 0 Å². The van der Waals surface area contributed by atoms with Crippen LogP contribution in [0.4, 0.5) is 0 Å². The van der Waals surface area contributed by atoms with Gasteiger partial charge in [0.25, 0.3) is 0 Å². The maximum absolute atomic E-state index is 11.5. The van der Waals surface area contributed by atoms with Gasteiger partial charge < -0.3 is 5.32 Å². The van der Waals surface area contributed by atoms with Gasteiger partial charge in [0.05, 0.1) is 17.0 Å². The molecule has 0 unspecified atom stereocenters. The number of hydrogen-bond donors (Lipinski definition) is 1. The molecule has 0 amide bonds. The molecule has 0 radical (unpaired) electrons. The topological polar surface area (TPSA) is 46.9 Å². The third kappa shape index (κ3) is 1.18. The summed E-state index contributed by atoms with van der Waals surface area (Å²) in [6.45, 7) is 0.713. The summed E-state index contributed by atoms with van der Waals surface area (Å²) in [6, 6.07) is 0. The van der Waals surface area contributed by atoms with Crippen molar-refractivity contribution in [2.24, 2.45) is 7.05 Å². The van der Waals surface area contributed by atoms with Gasteiger partial charge in [-0.3, -0.25) is 9.48 Å². The average Bonchev–Trinajstić information content (AvgIpc) is 2.57. The summed E-state index contributed by atoms with van der Waals surface area (Å²) in [6.07, 6.45) is 1.45. The molecule has 2 rings (SSSR count). The highest BCUT2D eigenvalue weighted by molar-refractivity contribution is 6.01. The van der Waals surface area contributed by atoms with Crippen LogP contribution in [-0.2, 0) is 20.0 Å². The Kier molecular flexibility index (Phi) is 1.92. The molecular weight excluding hydrogens is 166 g/mol. The van der Waals surface area contributed by atoms with E-state index in [9.17, 15) is 4.79 Å². The minimum Gasteiger partial charge on any atom is -0.314 e. The number of carbonyl (C=O) groups is 1.